The number of nitrogens with one attached hydrogen (secondary N) is 1. The maximum atomic E-state index is 11.6. The Kier molecular flexibility index (Phi) is 3.12. The first-order valence-electron chi connectivity index (χ1n) is 5.64. The van der Waals surface area contributed by atoms with Crippen molar-refractivity contribution in [2.45, 2.75) is 25.8 Å². The Morgan fingerprint density at radius 1 is 1.47 bits per heavy atom. The number of amides is 1. The predicted octanol–water partition coefficient (Wildman–Crippen LogP) is 0.254. The van der Waals surface area contributed by atoms with Crippen LogP contribution in [0.4, 0.5) is 0 Å². The minimum absolute atomic E-state index is 0.356. The topological polar surface area (TPSA) is 84.2 Å². The van der Waals surface area contributed by atoms with Crippen LogP contribution in [0, 0.1) is 5.41 Å². The van der Waals surface area contributed by atoms with Crippen molar-refractivity contribution in [3.8, 4) is 0 Å². The maximum absolute atomic E-state index is 11.6. The summed E-state index contributed by atoms with van der Waals surface area (Å²) in [4.78, 5) is 22.5. The van der Waals surface area contributed by atoms with Gasteiger partial charge < -0.3 is 10.4 Å². The molecule has 17 heavy (non-hydrogen) atoms. The quantitative estimate of drug-likeness (QED) is 0.549. The van der Waals surface area contributed by atoms with E-state index in [1.54, 1.807) is 10.9 Å². The number of carboxylic acid groups (broad SMARTS) is 1. The molecule has 6 nitrogen and oxygen atoms in total. The minimum atomic E-state index is -1.13. The molecule has 1 saturated carbocycles. The zero-order valence-electron chi connectivity index (χ0n) is 9.43. The third-order valence-corrected chi connectivity index (χ3v) is 3.00. The first kappa shape index (κ1) is 11.6. The first-order valence-corrected chi connectivity index (χ1v) is 5.64. The Morgan fingerprint density at radius 3 is 2.76 bits per heavy atom. The molecule has 6 heteroatoms. The van der Waals surface area contributed by atoms with Crippen LogP contribution in [0.15, 0.2) is 18.5 Å². The lowest BCUT2D eigenvalue weighted by molar-refractivity contribution is -0.149. The van der Waals surface area contributed by atoms with Gasteiger partial charge in [-0.25, -0.2) is 0 Å². The van der Waals surface area contributed by atoms with Gasteiger partial charge in [-0.3, -0.25) is 14.3 Å². The molecule has 1 amide bonds. The molecule has 1 aromatic rings. The first-order chi connectivity index (χ1) is 8.15. The minimum Gasteiger partial charge on any atom is -0.480 e. The van der Waals surface area contributed by atoms with Crippen molar-refractivity contribution in [2.24, 2.45) is 5.41 Å². The van der Waals surface area contributed by atoms with Crippen molar-refractivity contribution < 1.29 is 14.7 Å². The number of rotatable bonds is 6. The third-order valence-electron chi connectivity index (χ3n) is 3.00. The highest BCUT2D eigenvalue weighted by Gasteiger charge is 2.56. The van der Waals surface area contributed by atoms with Gasteiger partial charge in [-0.2, -0.15) is 5.10 Å². The van der Waals surface area contributed by atoms with E-state index in [9.17, 15) is 9.59 Å². The van der Waals surface area contributed by atoms with E-state index in [2.05, 4.69) is 10.4 Å². The van der Waals surface area contributed by atoms with E-state index in [1.807, 2.05) is 12.3 Å². The van der Waals surface area contributed by atoms with Gasteiger partial charge in [-0.1, -0.05) is 0 Å². The number of hydrogen-bond acceptors (Lipinski definition) is 3. The molecule has 1 aromatic heterocycles. The van der Waals surface area contributed by atoms with Gasteiger partial charge in [0.25, 0.3) is 0 Å². The number of carboxylic acids is 1. The van der Waals surface area contributed by atoms with Crippen LogP contribution >= 0.6 is 0 Å². The molecule has 0 saturated heterocycles. The second-order valence-corrected chi connectivity index (χ2v) is 4.27. The summed E-state index contributed by atoms with van der Waals surface area (Å²) >= 11 is 0. The smallest absolute Gasteiger partial charge is 0.319 e. The monoisotopic (exact) mass is 237 g/mol. The standard InChI is InChI=1S/C11H15N3O3/c15-9(11(3-4-11)10(16)17)12-5-1-7-14-8-2-6-13-14/h2,6,8H,1,3-5,7H2,(H,12,15)(H,16,17). The van der Waals surface area contributed by atoms with Crippen LogP contribution < -0.4 is 5.32 Å². The molecule has 1 aliphatic rings. The average molecular weight is 237 g/mol. The fourth-order valence-electron chi connectivity index (χ4n) is 1.71. The molecular weight excluding hydrogens is 222 g/mol. The highest BCUT2D eigenvalue weighted by atomic mass is 16.4. The average Bonchev–Trinajstić information content (AvgIpc) is 2.97. The number of aliphatic carboxylic acids is 1. The van der Waals surface area contributed by atoms with Crippen LogP contribution in [0.3, 0.4) is 0 Å². The van der Waals surface area contributed by atoms with Gasteiger partial charge >= 0.3 is 5.97 Å². The molecule has 0 bridgehead atoms. The Labute approximate surface area is 98.6 Å². The summed E-state index contributed by atoms with van der Waals surface area (Å²) in [6.45, 7) is 1.20. The molecule has 0 aliphatic heterocycles. The van der Waals surface area contributed by atoms with Crippen molar-refractivity contribution in [1.82, 2.24) is 15.1 Å². The number of carbonyl (C=O) groups is 2. The fourth-order valence-corrected chi connectivity index (χ4v) is 1.71. The normalized spacial score (nSPS) is 16.5. The van der Waals surface area contributed by atoms with E-state index in [0.29, 0.717) is 25.9 Å². The van der Waals surface area contributed by atoms with Gasteiger partial charge in [-0.15, -0.1) is 0 Å². The Balaban J connectivity index is 1.69. The van der Waals surface area contributed by atoms with Crippen LogP contribution in [-0.4, -0.2) is 33.3 Å². The maximum Gasteiger partial charge on any atom is 0.319 e. The van der Waals surface area contributed by atoms with Crippen molar-refractivity contribution in [3.05, 3.63) is 18.5 Å². The van der Waals surface area contributed by atoms with E-state index >= 15 is 0 Å². The van der Waals surface area contributed by atoms with Crippen molar-refractivity contribution in [1.29, 1.82) is 0 Å². The number of nitrogens with zero attached hydrogens (tertiary/aromatic N) is 2. The molecule has 0 unspecified atom stereocenters. The summed E-state index contributed by atoms with van der Waals surface area (Å²) in [5, 5.41) is 15.6. The van der Waals surface area contributed by atoms with Gasteiger partial charge in [0.2, 0.25) is 5.91 Å². The summed E-state index contributed by atoms with van der Waals surface area (Å²) in [5.41, 5.74) is -1.13. The predicted molar refractivity (Wildman–Crippen MR) is 59.2 cm³/mol. The summed E-state index contributed by atoms with van der Waals surface area (Å²) in [5.74, 6) is -1.37. The van der Waals surface area contributed by atoms with Crippen LogP contribution in [0.1, 0.15) is 19.3 Å². The van der Waals surface area contributed by atoms with E-state index in [1.165, 1.54) is 0 Å². The molecule has 2 N–H and O–H groups in total. The molecule has 92 valence electrons. The molecule has 0 spiro atoms. The lowest BCUT2D eigenvalue weighted by Gasteiger charge is -2.10. The second kappa shape index (κ2) is 4.57. The number of hydrogen-bond donors (Lipinski definition) is 2. The van der Waals surface area contributed by atoms with Crippen LogP contribution in [0.2, 0.25) is 0 Å². The van der Waals surface area contributed by atoms with E-state index in [4.69, 9.17) is 5.11 Å². The van der Waals surface area contributed by atoms with Crippen molar-refractivity contribution >= 4 is 11.9 Å². The molecule has 2 rings (SSSR count). The largest absolute Gasteiger partial charge is 0.480 e. The van der Waals surface area contributed by atoms with Crippen molar-refractivity contribution in [3.63, 3.8) is 0 Å². The van der Waals surface area contributed by atoms with Gasteiger partial charge in [0, 0.05) is 25.5 Å². The van der Waals surface area contributed by atoms with Crippen LogP contribution in [0.25, 0.3) is 0 Å². The van der Waals surface area contributed by atoms with Gasteiger partial charge in [-0.05, 0) is 25.3 Å². The van der Waals surface area contributed by atoms with Crippen LogP contribution in [0.5, 0.6) is 0 Å². The Hall–Kier alpha value is -1.85. The number of aromatic nitrogens is 2. The van der Waals surface area contributed by atoms with Gasteiger partial charge in [0.05, 0.1) is 0 Å². The molecule has 0 aromatic carbocycles. The highest BCUT2D eigenvalue weighted by Crippen LogP contribution is 2.45. The molecule has 0 radical (unpaired) electrons. The Bertz CT molecular complexity index is 410. The summed E-state index contributed by atoms with van der Waals surface area (Å²) < 4.78 is 1.77. The highest BCUT2D eigenvalue weighted by molar-refractivity contribution is 6.04. The van der Waals surface area contributed by atoms with Crippen molar-refractivity contribution in [2.75, 3.05) is 6.54 Å². The zero-order valence-corrected chi connectivity index (χ0v) is 9.43. The lowest BCUT2D eigenvalue weighted by Crippen LogP contribution is -2.37. The fraction of sp³-hybridized carbons (Fsp3) is 0.545. The van der Waals surface area contributed by atoms with E-state index < -0.39 is 11.4 Å². The zero-order chi connectivity index (χ0) is 12.3. The third kappa shape index (κ3) is 2.46. The molecule has 0 atom stereocenters. The molecule has 1 heterocycles. The van der Waals surface area contributed by atoms with Gasteiger partial charge in [0.1, 0.15) is 5.41 Å². The van der Waals surface area contributed by atoms with Crippen LogP contribution in [-0.2, 0) is 16.1 Å². The summed E-state index contributed by atoms with van der Waals surface area (Å²) in [7, 11) is 0. The number of carbonyl (C=O) groups excluding carboxylic acids is 1. The van der Waals surface area contributed by atoms with Gasteiger partial charge in [0.15, 0.2) is 0 Å². The van der Waals surface area contributed by atoms with E-state index in [0.717, 1.165) is 6.42 Å². The summed E-state index contributed by atoms with van der Waals surface area (Å²) in [6.07, 6.45) is 5.19. The lowest BCUT2D eigenvalue weighted by atomic mass is 10.1. The molecular formula is C11H15N3O3. The Morgan fingerprint density at radius 2 is 2.24 bits per heavy atom. The summed E-state index contributed by atoms with van der Waals surface area (Å²) in [6, 6.07) is 1.84. The van der Waals surface area contributed by atoms with E-state index in [-0.39, 0.29) is 5.91 Å². The molecule has 1 fully saturated rings. The second-order valence-electron chi connectivity index (χ2n) is 4.27. The molecule has 1 aliphatic carbocycles. The number of aryl methyl sites for hydroxylation is 1. The SMILES string of the molecule is O=C(O)C1(C(=O)NCCCn2cccn2)CC1.